The second-order valence-corrected chi connectivity index (χ2v) is 6.88. The van der Waals surface area contributed by atoms with E-state index in [2.05, 4.69) is 15.3 Å². The molecule has 1 saturated carbocycles. The molecule has 1 aromatic carbocycles. The van der Waals surface area contributed by atoms with Crippen molar-refractivity contribution in [1.82, 2.24) is 15.3 Å². The van der Waals surface area contributed by atoms with E-state index in [1.165, 1.54) is 6.33 Å². The van der Waals surface area contributed by atoms with E-state index in [1.54, 1.807) is 13.2 Å². The van der Waals surface area contributed by atoms with E-state index in [0.29, 0.717) is 11.4 Å². The molecule has 1 amide bonds. The zero-order valence-electron chi connectivity index (χ0n) is 15.3. The van der Waals surface area contributed by atoms with Crippen molar-refractivity contribution in [1.29, 1.82) is 0 Å². The summed E-state index contributed by atoms with van der Waals surface area (Å²) in [5.74, 6) is 0.311. The summed E-state index contributed by atoms with van der Waals surface area (Å²) < 4.78 is 5.35. The molecule has 1 aliphatic rings. The minimum Gasteiger partial charge on any atom is -0.480 e. The Morgan fingerprint density at radius 2 is 2.04 bits per heavy atom. The van der Waals surface area contributed by atoms with Crippen molar-refractivity contribution in [2.24, 2.45) is 0 Å². The molecule has 0 radical (unpaired) electrons. The highest BCUT2D eigenvalue weighted by Crippen LogP contribution is 2.31. The number of ether oxygens (including phenoxy) is 1. The van der Waals surface area contributed by atoms with Crippen LogP contribution in [0.15, 0.2) is 30.6 Å². The number of aromatic nitrogens is 2. The number of aliphatic hydroxyl groups is 1. The van der Waals surface area contributed by atoms with E-state index in [4.69, 9.17) is 4.74 Å². The Morgan fingerprint density at radius 3 is 2.73 bits per heavy atom. The fourth-order valence-electron chi connectivity index (χ4n) is 3.62. The minimum atomic E-state index is -0.505. The van der Waals surface area contributed by atoms with Crippen LogP contribution in [0.25, 0.3) is 11.1 Å². The lowest BCUT2D eigenvalue weighted by molar-refractivity contribution is 0.0758. The molecule has 1 fully saturated rings. The molecule has 0 atom stereocenters. The van der Waals surface area contributed by atoms with E-state index >= 15 is 0 Å². The molecule has 6 heteroatoms. The predicted octanol–water partition coefficient (Wildman–Crippen LogP) is 2.89. The van der Waals surface area contributed by atoms with Crippen molar-refractivity contribution in [2.45, 2.75) is 44.6 Å². The van der Waals surface area contributed by atoms with Gasteiger partial charge in [-0.25, -0.2) is 9.97 Å². The maximum Gasteiger partial charge on any atom is 0.251 e. The van der Waals surface area contributed by atoms with Gasteiger partial charge >= 0.3 is 0 Å². The van der Waals surface area contributed by atoms with Gasteiger partial charge in [-0.3, -0.25) is 4.79 Å². The second-order valence-electron chi connectivity index (χ2n) is 6.88. The largest absolute Gasteiger partial charge is 0.480 e. The van der Waals surface area contributed by atoms with Gasteiger partial charge in [0.05, 0.1) is 30.5 Å². The van der Waals surface area contributed by atoms with Gasteiger partial charge in [-0.2, -0.15) is 0 Å². The molecule has 2 aromatic rings. The van der Waals surface area contributed by atoms with Crippen LogP contribution in [-0.4, -0.2) is 40.2 Å². The van der Waals surface area contributed by atoms with Crippen LogP contribution in [-0.2, 0) is 0 Å². The zero-order chi connectivity index (χ0) is 18.6. The van der Waals surface area contributed by atoms with Crippen LogP contribution in [0.4, 0.5) is 0 Å². The summed E-state index contributed by atoms with van der Waals surface area (Å²) in [6.45, 7) is 1.85. The van der Waals surface area contributed by atoms with Gasteiger partial charge in [0.15, 0.2) is 0 Å². The Balaban J connectivity index is 1.89. The highest BCUT2D eigenvalue weighted by molar-refractivity contribution is 5.96. The van der Waals surface area contributed by atoms with Gasteiger partial charge in [-0.05, 0) is 37.5 Å². The highest BCUT2D eigenvalue weighted by atomic mass is 16.5. The molecule has 0 unspecified atom stereocenters. The third kappa shape index (κ3) is 3.70. The molecule has 1 aromatic heterocycles. The van der Waals surface area contributed by atoms with E-state index in [-0.39, 0.29) is 12.5 Å². The number of benzene rings is 1. The number of carbonyl (C=O) groups excluding carboxylic acids is 1. The maximum atomic E-state index is 12.8. The van der Waals surface area contributed by atoms with Crippen molar-refractivity contribution < 1.29 is 14.6 Å². The first-order valence-electron chi connectivity index (χ1n) is 8.98. The van der Waals surface area contributed by atoms with E-state index in [9.17, 15) is 9.90 Å². The van der Waals surface area contributed by atoms with Gasteiger partial charge in [0.2, 0.25) is 5.88 Å². The van der Waals surface area contributed by atoms with Crippen LogP contribution < -0.4 is 10.1 Å². The fraction of sp³-hybridized carbons (Fsp3) is 0.450. The first kappa shape index (κ1) is 18.3. The Hall–Kier alpha value is -2.47. The van der Waals surface area contributed by atoms with Crippen LogP contribution in [0.5, 0.6) is 5.88 Å². The minimum absolute atomic E-state index is 0.0299. The summed E-state index contributed by atoms with van der Waals surface area (Å²) in [5.41, 5.74) is 2.43. The number of carbonyl (C=O) groups is 1. The molecule has 0 aliphatic heterocycles. The average Bonchev–Trinajstić information content (AvgIpc) is 2.68. The lowest BCUT2D eigenvalue weighted by Gasteiger charge is -2.36. The Bertz CT molecular complexity index is 786. The molecule has 2 N–H and O–H groups in total. The number of nitrogens with zero attached hydrogens (tertiary/aromatic N) is 2. The number of aliphatic hydroxyl groups excluding tert-OH is 1. The smallest absolute Gasteiger partial charge is 0.251 e. The van der Waals surface area contributed by atoms with Crippen molar-refractivity contribution in [2.75, 3.05) is 13.7 Å². The number of hydrogen-bond acceptors (Lipinski definition) is 5. The van der Waals surface area contributed by atoms with Gasteiger partial charge < -0.3 is 15.2 Å². The van der Waals surface area contributed by atoms with Gasteiger partial charge in [0.1, 0.15) is 6.33 Å². The second kappa shape index (κ2) is 7.83. The summed E-state index contributed by atoms with van der Waals surface area (Å²) in [7, 11) is 1.57. The summed E-state index contributed by atoms with van der Waals surface area (Å²) >= 11 is 0. The standard InChI is InChI=1S/C20H25N3O3/c1-14-17(19(26-2)22-13-21-14)15-7-6-8-16(11-15)18(25)23-20(12-24)9-4-3-5-10-20/h6-8,11,13,24H,3-5,9-10,12H2,1-2H3,(H,23,25). The molecule has 26 heavy (non-hydrogen) atoms. The number of hydrogen-bond donors (Lipinski definition) is 2. The third-order valence-corrected chi connectivity index (χ3v) is 5.10. The summed E-state index contributed by atoms with van der Waals surface area (Å²) in [6.07, 6.45) is 6.29. The van der Waals surface area contributed by atoms with Crippen LogP contribution >= 0.6 is 0 Å². The molecular weight excluding hydrogens is 330 g/mol. The van der Waals surface area contributed by atoms with E-state index < -0.39 is 5.54 Å². The molecule has 0 saturated heterocycles. The number of methoxy groups -OCH3 is 1. The normalized spacial score (nSPS) is 16.1. The molecule has 0 bridgehead atoms. The first-order valence-corrected chi connectivity index (χ1v) is 8.98. The molecule has 1 aliphatic carbocycles. The predicted molar refractivity (Wildman–Crippen MR) is 99.1 cm³/mol. The number of amides is 1. The zero-order valence-corrected chi connectivity index (χ0v) is 15.3. The van der Waals surface area contributed by atoms with Gasteiger partial charge in [-0.1, -0.05) is 31.4 Å². The fourth-order valence-corrected chi connectivity index (χ4v) is 3.62. The lowest BCUT2D eigenvalue weighted by atomic mass is 9.82. The number of rotatable bonds is 5. The van der Waals surface area contributed by atoms with Crippen molar-refractivity contribution in [3.63, 3.8) is 0 Å². The first-order chi connectivity index (χ1) is 12.6. The van der Waals surface area contributed by atoms with Crippen LogP contribution in [0.2, 0.25) is 0 Å². The quantitative estimate of drug-likeness (QED) is 0.861. The topological polar surface area (TPSA) is 84.3 Å². The van der Waals surface area contributed by atoms with E-state index in [1.807, 2.05) is 25.1 Å². The number of nitrogens with one attached hydrogen (secondary N) is 1. The molecular formula is C20H25N3O3. The molecule has 138 valence electrons. The highest BCUT2D eigenvalue weighted by Gasteiger charge is 2.33. The number of aryl methyl sites for hydroxylation is 1. The Morgan fingerprint density at radius 1 is 1.27 bits per heavy atom. The average molecular weight is 355 g/mol. The van der Waals surface area contributed by atoms with Gasteiger partial charge in [-0.15, -0.1) is 0 Å². The van der Waals surface area contributed by atoms with E-state index in [0.717, 1.165) is 48.9 Å². The summed E-state index contributed by atoms with van der Waals surface area (Å²) in [6, 6.07) is 7.34. The van der Waals surface area contributed by atoms with Crippen LogP contribution in [0.1, 0.15) is 48.2 Å². The maximum absolute atomic E-state index is 12.8. The lowest BCUT2D eigenvalue weighted by Crippen LogP contribution is -2.52. The van der Waals surface area contributed by atoms with Gasteiger partial charge in [0, 0.05) is 5.56 Å². The molecule has 3 rings (SSSR count). The molecule has 1 heterocycles. The monoisotopic (exact) mass is 355 g/mol. The van der Waals surface area contributed by atoms with Crippen LogP contribution in [0.3, 0.4) is 0 Å². The molecule has 6 nitrogen and oxygen atoms in total. The Kier molecular flexibility index (Phi) is 5.52. The van der Waals surface area contributed by atoms with Gasteiger partial charge in [0.25, 0.3) is 5.91 Å². The van der Waals surface area contributed by atoms with Crippen molar-refractivity contribution in [3.05, 3.63) is 41.9 Å². The third-order valence-electron chi connectivity index (χ3n) is 5.10. The Labute approximate surface area is 153 Å². The SMILES string of the molecule is COc1ncnc(C)c1-c1cccc(C(=O)NC2(CO)CCCCC2)c1. The van der Waals surface area contributed by atoms with Crippen LogP contribution in [0, 0.1) is 6.92 Å². The summed E-state index contributed by atoms with van der Waals surface area (Å²) in [5, 5.41) is 12.9. The van der Waals surface area contributed by atoms with Crippen molar-refractivity contribution >= 4 is 5.91 Å². The van der Waals surface area contributed by atoms with Crippen molar-refractivity contribution in [3.8, 4) is 17.0 Å². The molecule has 0 spiro atoms. The summed E-state index contributed by atoms with van der Waals surface area (Å²) in [4.78, 5) is 21.2.